The number of rotatable bonds is 4. The SMILES string of the molecule is Cc1cc(C2CC2)n(-c2ccc(NC(=O)c3cncnc3C)cn2)n1. The Balaban J connectivity index is 1.55. The average molecular weight is 334 g/mol. The second-order valence-corrected chi connectivity index (χ2v) is 6.28. The summed E-state index contributed by atoms with van der Waals surface area (Å²) in [6.07, 6.45) is 6.98. The summed E-state index contributed by atoms with van der Waals surface area (Å²) in [5.41, 5.74) is 3.90. The fourth-order valence-electron chi connectivity index (χ4n) is 2.77. The quantitative estimate of drug-likeness (QED) is 0.793. The van der Waals surface area contributed by atoms with Gasteiger partial charge in [0.25, 0.3) is 5.91 Å². The summed E-state index contributed by atoms with van der Waals surface area (Å²) >= 11 is 0. The molecule has 7 nitrogen and oxygen atoms in total. The average Bonchev–Trinajstić information content (AvgIpc) is 3.38. The van der Waals surface area contributed by atoms with Gasteiger partial charge in [-0.3, -0.25) is 4.79 Å². The van der Waals surface area contributed by atoms with E-state index in [0.717, 1.165) is 11.5 Å². The van der Waals surface area contributed by atoms with Gasteiger partial charge in [-0.1, -0.05) is 0 Å². The second kappa shape index (κ2) is 6.08. The van der Waals surface area contributed by atoms with Crippen LogP contribution in [0.5, 0.6) is 0 Å². The Morgan fingerprint density at radius 3 is 2.72 bits per heavy atom. The summed E-state index contributed by atoms with van der Waals surface area (Å²) in [4.78, 5) is 24.7. The van der Waals surface area contributed by atoms with Crippen molar-refractivity contribution in [3.05, 3.63) is 59.6 Å². The van der Waals surface area contributed by atoms with Crippen LogP contribution in [0.15, 0.2) is 36.9 Å². The number of amides is 1. The summed E-state index contributed by atoms with van der Waals surface area (Å²) in [6, 6.07) is 5.81. The Hall–Kier alpha value is -3.09. The number of hydrogen-bond acceptors (Lipinski definition) is 5. The van der Waals surface area contributed by atoms with E-state index in [1.54, 1.807) is 13.1 Å². The first-order valence-electron chi connectivity index (χ1n) is 8.23. The lowest BCUT2D eigenvalue weighted by atomic mass is 10.2. The Kier molecular flexibility index (Phi) is 3.76. The van der Waals surface area contributed by atoms with Crippen molar-refractivity contribution in [1.82, 2.24) is 24.7 Å². The minimum atomic E-state index is -0.249. The molecule has 1 amide bonds. The molecule has 3 aromatic rings. The first kappa shape index (κ1) is 15.4. The molecule has 126 valence electrons. The van der Waals surface area contributed by atoms with E-state index in [4.69, 9.17) is 0 Å². The fourth-order valence-corrected chi connectivity index (χ4v) is 2.77. The van der Waals surface area contributed by atoms with Gasteiger partial charge in [0, 0.05) is 17.8 Å². The van der Waals surface area contributed by atoms with Gasteiger partial charge in [-0.2, -0.15) is 5.10 Å². The Morgan fingerprint density at radius 2 is 2.04 bits per heavy atom. The van der Waals surface area contributed by atoms with E-state index >= 15 is 0 Å². The number of nitrogens with one attached hydrogen (secondary N) is 1. The molecule has 0 bridgehead atoms. The molecule has 7 heteroatoms. The van der Waals surface area contributed by atoms with Gasteiger partial charge in [0.05, 0.1) is 28.8 Å². The standard InChI is InChI=1S/C18H18N6O/c1-11-7-16(13-3-4-13)24(23-11)17-6-5-14(8-20-17)22-18(25)15-9-19-10-21-12(15)2/h5-10,13H,3-4H2,1-2H3,(H,22,25). The molecule has 4 rings (SSSR count). The molecule has 1 fully saturated rings. The van der Waals surface area contributed by atoms with Gasteiger partial charge < -0.3 is 5.32 Å². The van der Waals surface area contributed by atoms with Crippen molar-refractivity contribution >= 4 is 11.6 Å². The smallest absolute Gasteiger partial charge is 0.259 e. The molecule has 3 heterocycles. The van der Waals surface area contributed by atoms with Crippen LogP contribution in [0.4, 0.5) is 5.69 Å². The largest absolute Gasteiger partial charge is 0.320 e. The number of anilines is 1. The number of aromatic nitrogens is 5. The van der Waals surface area contributed by atoms with Crippen molar-refractivity contribution < 1.29 is 4.79 Å². The molecular formula is C18H18N6O. The fraction of sp³-hybridized carbons (Fsp3) is 0.278. The van der Waals surface area contributed by atoms with E-state index in [1.165, 1.54) is 31.1 Å². The molecule has 0 aromatic carbocycles. The van der Waals surface area contributed by atoms with Crippen LogP contribution >= 0.6 is 0 Å². The van der Waals surface area contributed by atoms with Crippen molar-refractivity contribution in [2.45, 2.75) is 32.6 Å². The first-order valence-corrected chi connectivity index (χ1v) is 8.23. The minimum Gasteiger partial charge on any atom is -0.320 e. The van der Waals surface area contributed by atoms with Gasteiger partial charge in [0.2, 0.25) is 0 Å². The van der Waals surface area contributed by atoms with Crippen LogP contribution in [-0.4, -0.2) is 30.6 Å². The third kappa shape index (κ3) is 3.13. The number of carbonyl (C=O) groups excluding carboxylic acids is 1. The maximum Gasteiger partial charge on any atom is 0.259 e. The molecular weight excluding hydrogens is 316 g/mol. The Bertz CT molecular complexity index is 927. The minimum absolute atomic E-state index is 0.249. The summed E-state index contributed by atoms with van der Waals surface area (Å²) < 4.78 is 1.90. The van der Waals surface area contributed by atoms with Crippen LogP contribution in [0, 0.1) is 13.8 Å². The predicted octanol–water partition coefficient (Wildman–Crippen LogP) is 2.80. The number of aryl methyl sites for hydroxylation is 2. The van der Waals surface area contributed by atoms with Gasteiger partial charge in [0.1, 0.15) is 6.33 Å². The van der Waals surface area contributed by atoms with Crippen LogP contribution < -0.4 is 5.32 Å². The molecule has 25 heavy (non-hydrogen) atoms. The lowest BCUT2D eigenvalue weighted by Gasteiger charge is -2.08. The van der Waals surface area contributed by atoms with E-state index in [-0.39, 0.29) is 5.91 Å². The van der Waals surface area contributed by atoms with Gasteiger partial charge in [-0.15, -0.1) is 0 Å². The van der Waals surface area contributed by atoms with Crippen molar-refractivity contribution in [3.8, 4) is 5.82 Å². The maximum absolute atomic E-state index is 12.3. The molecule has 0 atom stereocenters. The Morgan fingerprint density at radius 1 is 1.20 bits per heavy atom. The van der Waals surface area contributed by atoms with Crippen LogP contribution in [0.25, 0.3) is 5.82 Å². The van der Waals surface area contributed by atoms with Crippen molar-refractivity contribution in [3.63, 3.8) is 0 Å². The third-order valence-electron chi connectivity index (χ3n) is 4.23. The molecule has 1 saturated carbocycles. The first-order chi connectivity index (χ1) is 12.1. The van der Waals surface area contributed by atoms with Gasteiger partial charge in [-0.05, 0) is 44.9 Å². The van der Waals surface area contributed by atoms with Crippen LogP contribution in [0.1, 0.15) is 46.2 Å². The zero-order valence-electron chi connectivity index (χ0n) is 14.1. The molecule has 3 aromatic heterocycles. The van der Waals surface area contributed by atoms with E-state index in [1.807, 2.05) is 23.7 Å². The third-order valence-corrected chi connectivity index (χ3v) is 4.23. The molecule has 1 aliphatic carbocycles. The van der Waals surface area contributed by atoms with E-state index in [2.05, 4.69) is 31.4 Å². The highest BCUT2D eigenvalue weighted by Crippen LogP contribution is 2.40. The molecule has 1 aliphatic rings. The molecule has 0 unspecified atom stereocenters. The zero-order valence-corrected chi connectivity index (χ0v) is 14.1. The number of hydrogen-bond donors (Lipinski definition) is 1. The maximum atomic E-state index is 12.3. The predicted molar refractivity (Wildman–Crippen MR) is 92.8 cm³/mol. The molecule has 0 spiro atoms. The topological polar surface area (TPSA) is 85.6 Å². The van der Waals surface area contributed by atoms with Crippen LogP contribution in [0.3, 0.4) is 0 Å². The van der Waals surface area contributed by atoms with Crippen molar-refractivity contribution in [2.24, 2.45) is 0 Å². The van der Waals surface area contributed by atoms with Gasteiger partial charge in [0.15, 0.2) is 5.82 Å². The summed E-state index contributed by atoms with van der Waals surface area (Å²) in [7, 11) is 0. The number of nitrogens with zero attached hydrogens (tertiary/aromatic N) is 5. The lowest BCUT2D eigenvalue weighted by Crippen LogP contribution is -2.15. The monoisotopic (exact) mass is 334 g/mol. The molecule has 1 N–H and O–H groups in total. The lowest BCUT2D eigenvalue weighted by molar-refractivity contribution is 0.102. The summed E-state index contributed by atoms with van der Waals surface area (Å²) in [5, 5.41) is 7.36. The van der Waals surface area contributed by atoms with Crippen molar-refractivity contribution in [1.29, 1.82) is 0 Å². The highest BCUT2D eigenvalue weighted by Gasteiger charge is 2.28. The van der Waals surface area contributed by atoms with Crippen LogP contribution in [-0.2, 0) is 0 Å². The van der Waals surface area contributed by atoms with Gasteiger partial charge >= 0.3 is 0 Å². The number of carbonyl (C=O) groups is 1. The highest BCUT2D eigenvalue weighted by atomic mass is 16.1. The second-order valence-electron chi connectivity index (χ2n) is 6.28. The van der Waals surface area contributed by atoms with Crippen molar-refractivity contribution in [2.75, 3.05) is 5.32 Å². The highest BCUT2D eigenvalue weighted by molar-refractivity contribution is 6.04. The normalized spacial score (nSPS) is 13.7. The van der Waals surface area contributed by atoms with Crippen LogP contribution in [0.2, 0.25) is 0 Å². The Labute approximate surface area is 145 Å². The van der Waals surface area contributed by atoms with Gasteiger partial charge in [-0.25, -0.2) is 19.6 Å². The van der Waals surface area contributed by atoms with E-state index in [0.29, 0.717) is 22.9 Å². The summed E-state index contributed by atoms with van der Waals surface area (Å²) in [5.74, 6) is 1.09. The molecule has 0 saturated heterocycles. The zero-order chi connectivity index (χ0) is 17.4. The number of pyridine rings is 1. The molecule has 0 radical (unpaired) electrons. The molecule has 0 aliphatic heterocycles. The summed E-state index contributed by atoms with van der Waals surface area (Å²) in [6.45, 7) is 3.76. The van der Waals surface area contributed by atoms with E-state index < -0.39 is 0 Å². The van der Waals surface area contributed by atoms with E-state index in [9.17, 15) is 4.79 Å².